The maximum absolute atomic E-state index is 11.5. The summed E-state index contributed by atoms with van der Waals surface area (Å²) in [6, 6.07) is 7.68. The van der Waals surface area contributed by atoms with E-state index >= 15 is 0 Å². The molecule has 1 aromatic carbocycles. The molecular formula is C13H16ClN5O6. The highest BCUT2D eigenvalue weighted by atomic mass is 35.7. The molecule has 3 aromatic rings. The van der Waals surface area contributed by atoms with E-state index in [1.807, 2.05) is 38.4 Å². The number of nitrogens with one attached hydrogen (secondary N) is 1. The fourth-order valence-corrected chi connectivity index (χ4v) is 2.10. The van der Waals surface area contributed by atoms with Gasteiger partial charge in [0, 0.05) is 23.9 Å². The highest BCUT2D eigenvalue weighted by Crippen LogP contribution is 2.26. The number of hydrogen-bond acceptors (Lipinski definition) is 10. The molecule has 0 radical (unpaired) electrons. The van der Waals surface area contributed by atoms with Crippen LogP contribution >= 0.6 is 0 Å². The summed E-state index contributed by atoms with van der Waals surface area (Å²) in [5, 5.41) is 20.3. The molecule has 0 saturated heterocycles. The zero-order valence-corrected chi connectivity index (χ0v) is 14.1. The van der Waals surface area contributed by atoms with Crippen LogP contribution in [0.3, 0.4) is 0 Å². The van der Waals surface area contributed by atoms with Crippen LogP contribution in [0.15, 0.2) is 28.9 Å². The van der Waals surface area contributed by atoms with Crippen LogP contribution < -0.4 is 24.2 Å². The van der Waals surface area contributed by atoms with Crippen LogP contribution in [0.4, 0.5) is 5.82 Å². The average Bonchev–Trinajstić information content (AvgIpc) is 2.87. The number of nitrogens with zero attached hydrogens (tertiary/aromatic N) is 4. The lowest BCUT2D eigenvalue weighted by molar-refractivity contribution is -1.92. The summed E-state index contributed by atoms with van der Waals surface area (Å²) < 4.78 is 37.4. The molecule has 0 aliphatic heterocycles. The maximum atomic E-state index is 11.5. The standard InChI is InChI=1S/C13H15N5O2.ClHO4/c1-17(2)8-7-14-12-10-6-4-3-5-9(10)11-13(15-12)18(19)20-16-11;2-1(3,4)5/h3-6H,7-8H2,1-2H3,(H,14,15);(H,2,3,4,5). The topological polar surface area (TPSA) is 171 Å². The Morgan fingerprint density at radius 1 is 1.24 bits per heavy atom. The molecule has 0 fully saturated rings. The van der Waals surface area contributed by atoms with Gasteiger partial charge in [0.2, 0.25) is 11.3 Å². The van der Waals surface area contributed by atoms with Crippen LogP contribution in [0, 0.1) is 15.5 Å². The second-order valence-electron chi connectivity index (χ2n) is 5.23. The first-order valence-electron chi connectivity index (χ1n) is 6.97. The Hall–Kier alpha value is -2.28. The van der Waals surface area contributed by atoms with Crippen LogP contribution in [-0.2, 0) is 0 Å². The van der Waals surface area contributed by atoms with Gasteiger partial charge < -0.3 is 20.1 Å². The molecule has 2 heterocycles. The summed E-state index contributed by atoms with van der Waals surface area (Å²) in [6.07, 6.45) is 0. The van der Waals surface area contributed by atoms with E-state index in [9.17, 15) is 5.21 Å². The third-order valence-electron chi connectivity index (χ3n) is 3.10. The van der Waals surface area contributed by atoms with E-state index in [1.165, 1.54) is 0 Å². The maximum Gasteiger partial charge on any atom is 0.344 e. The SMILES string of the molecule is CN(C)CCNc1nc2c(no[n+]2[O-])c2ccccc12.[O-][Cl+3]([O-])([O-])O. The Morgan fingerprint density at radius 2 is 1.84 bits per heavy atom. The Morgan fingerprint density at radius 3 is 2.44 bits per heavy atom. The molecule has 0 amide bonds. The van der Waals surface area contributed by atoms with Gasteiger partial charge in [-0.2, -0.15) is 14.0 Å². The highest BCUT2D eigenvalue weighted by molar-refractivity contribution is 6.06. The smallest absolute Gasteiger partial charge is 0.344 e. The van der Waals surface area contributed by atoms with Crippen molar-refractivity contribution in [1.29, 1.82) is 0 Å². The van der Waals surface area contributed by atoms with Crippen molar-refractivity contribution in [3.63, 3.8) is 0 Å². The van der Waals surface area contributed by atoms with E-state index in [2.05, 4.69) is 25.0 Å². The van der Waals surface area contributed by atoms with Gasteiger partial charge in [-0.3, -0.25) is 0 Å². The first-order valence-corrected chi connectivity index (χ1v) is 8.23. The van der Waals surface area contributed by atoms with Crippen LogP contribution in [0.5, 0.6) is 0 Å². The molecule has 2 aromatic heterocycles. The van der Waals surface area contributed by atoms with Gasteiger partial charge in [-0.15, -0.1) is 0 Å². The molecule has 11 nitrogen and oxygen atoms in total. The van der Waals surface area contributed by atoms with Gasteiger partial charge in [-0.05, 0) is 25.3 Å². The minimum absolute atomic E-state index is 0.191. The van der Waals surface area contributed by atoms with Gasteiger partial charge in [0.05, 0.1) is 14.9 Å². The average molecular weight is 374 g/mol. The molecule has 0 aliphatic rings. The lowest BCUT2D eigenvalue weighted by Gasteiger charge is -2.10. The molecule has 0 saturated carbocycles. The van der Waals surface area contributed by atoms with Crippen LogP contribution in [0.25, 0.3) is 21.9 Å². The highest BCUT2D eigenvalue weighted by Gasteiger charge is 2.18. The van der Waals surface area contributed by atoms with Gasteiger partial charge in [-0.1, -0.05) is 28.1 Å². The fourth-order valence-electron chi connectivity index (χ4n) is 2.10. The van der Waals surface area contributed by atoms with Gasteiger partial charge in [0.1, 0.15) is 0 Å². The predicted octanol–water partition coefficient (Wildman–Crippen LogP) is -3.14. The number of likely N-dealkylation sites (N-methyl/N-ethyl adjacent to an activating group) is 1. The Kier molecular flexibility index (Phi) is 5.89. The largest absolute Gasteiger partial charge is 0.391 e. The summed E-state index contributed by atoms with van der Waals surface area (Å²) in [7, 11) is -0.690. The third-order valence-corrected chi connectivity index (χ3v) is 3.10. The number of anilines is 1. The number of fused-ring (bicyclic) bond motifs is 3. The van der Waals surface area contributed by atoms with Crippen molar-refractivity contribution in [2.75, 3.05) is 32.5 Å². The molecule has 2 N–H and O–H groups in total. The normalized spacial score (nSPS) is 11.6. The second-order valence-corrected chi connectivity index (χ2v) is 6.03. The van der Waals surface area contributed by atoms with Crippen molar-refractivity contribution >= 4 is 27.8 Å². The molecular weight excluding hydrogens is 358 g/mol. The molecule has 3 rings (SSSR count). The Bertz CT molecular complexity index is 844. The van der Waals surface area contributed by atoms with Crippen molar-refractivity contribution < 1.29 is 38.4 Å². The van der Waals surface area contributed by atoms with Gasteiger partial charge >= 0.3 is 5.65 Å². The Labute approximate surface area is 144 Å². The van der Waals surface area contributed by atoms with E-state index in [-0.39, 0.29) is 5.65 Å². The minimum atomic E-state index is -4.69. The van der Waals surface area contributed by atoms with E-state index in [0.717, 1.165) is 23.9 Å². The summed E-state index contributed by atoms with van der Waals surface area (Å²) in [4.78, 5) is 6.73. The van der Waals surface area contributed by atoms with Crippen molar-refractivity contribution in [2.24, 2.45) is 0 Å². The van der Waals surface area contributed by atoms with Crippen molar-refractivity contribution in [3.8, 4) is 0 Å². The second kappa shape index (κ2) is 7.74. The summed E-state index contributed by atoms with van der Waals surface area (Å²) >= 11 is 0. The quantitative estimate of drug-likeness (QED) is 0.445. The van der Waals surface area contributed by atoms with Crippen molar-refractivity contribution in [1.82, 2.24) is 15.0 Å². The van der Waals surface area contributed by atoms with E-state index in [1.54, 1.807) is 0 Å². The molecule has 0 spiro atoms. The number of benzene rings is 1. The summed E-state index contributed by atoms with van der Waals surface area (Å²) in [6.45, 7) is 1.61. The number of aromatic nitrogens is 3. The molecule has 0 bridgehead atoms. The Balaban J connectivity index is 0.000000399. The number of pyridine rings is 1. The molecule has 0 atom stereocenters. The van der Waals surface area contributed by atoms with E-state index in [0.29, 0.717) is 16.2 Å². The zero-order valence-electron chi connectivity index (χ0n) is 13.4. The van der Waals surface area contributed by atoms with Gasteiger partial charge in [0.25, 0.3) is 0 Å². The molecule has 0 unspecified atom stereocenters. The van der Waals surface area contributed by atoms with Gasteiger partial charge in [0.15, 0.2) is 0 Å². The van der Waals surface area contributed by atoms with E-state index in [4.69, 9.17) is 18.6 Å². The number of halogens is 1. The summed E-state index contributed by atoms with van der Waals surface area (Å²) in [5.74, 6) is 0.669. The minimum Gasteiger partial charge on any atom is -0.391 e. The van der Waals surface area contributed by atoms with Crippen LogP contribution in [0.2, 0.25) is 0 Å². The van der Waals surface area contributed by atoms with E-state index < -0.39 is 10.2 Å². The van der Waals surface area contributed by atoms with Crippen LogP contribution in [0.1, 0.15) is 0 Å². The fraction of sp³-hybridized carbons (Fsp3) is 0.308. The first kappa shape index (κ1) is 19.1. The lowest BCUT2D eigenvalue weighted by atomic mass is 10.1. The zero-order chi connectivity index (χ0) is 18.6. The molecule has 25 heavy (non-hydrogen) atoms. The molecule has 136 valence electrons. The molecule has 12 heteroatoms. The molecule has 0 aliphatic carbocycles. The number of rotatable bonds is 4. The lowest BCUT2D eigenvalue weighted by Crippen LogP contribution is -2.58. The van der Waals surface area contributed by atoms with Gasteiger partial charge in [-0.25, -0.2) is 0 Å². The summed E-state index contributed by atoms with van der Waals surface area (Å²) in [5.41, 5.74) is 0.671. The van der Waals surface area contributed by atoms with Crippen molar-refractivity contribution in [2.45, 2.75) is 0 Å². The monoisotopic (exact) mass is 373 g/mol. The number of hydrogen-bond donors (Lipinski definition) is 2. The predicted molar refractivity (Wildman–Crippen MR) is 77.5 cm³/mol. The first-order chi connectivity index (χ1) is 11.7. The van der Waals surface area contributed by atoms with Crippen molar-refractivity contribution in [3.05, 3.63) is 29.5 Å². The third kappa shape index (κ3) is 5.35. The van der Waals surface area contributed by atoms with Crippen LogP contribution in [-0.4, -0.2) is 46.9 Å².